The van der Waals surface area contributed by atoms with Gasteiger partial charge in [-0.1, -0.05) is 23.7 Å². The number of aromatic nitrogens is 2. The first-order chi connectivity index (χ1) is 12.0. The molecule has 6 nitrogen and oxygen atoms in total. The maximum absolute atomic E-state index is 13.2. The molecule has 1 fully saturated rings. The molecule has 1 saturated heterocycles. The van der Waals surface area contributed by atoms with Gasteiger partial charge in [-0.05, 0) is 30.5 Å². The number of carbonyl (C=O) groups is 1. The second kappa shape index (κ2) is 7.76. The van der Waals surface area contributed by atoms with Gasteiger partial charge in [-0.15, -0.1) is 0 Å². The minimum Gasteiger partial charge on any atom is -0.387 e. The van der Waals surface area contributed by atoms with Crippen molar-refractivity contribution in [2.45, 2.75) is 18.9 Å². The molecule has 8 heteroatoms. The Morgan fingerprint density at radius 2 is 2.16 bits per heavy atom. The Morgan fingerprint density at radius 1 is 1.40 bits per heavy atom. The van der Waals surface area contributed by atoms with Gasteiger partial charge in [0.05, 0.1) is 17.3 Å². The van der Waals surface area contributed by atoms with Crippen LogP contribution in [0.1, 0.15) is 35.0 Å². The normalized spacial score (nSPS) is 15.2. The lowest BCUT2D eigenvalue weighted by molar-refractivity contribution is 0.0911. The summed E-state index contributed by atoms with van der Waals surface area (Å²) < 4.78 is 13.2. The summed E-state index contributed by atoms with van der Waals surface area (Å²) in [4.78, 5) is 22.8. The smallest absolute Gasteiger partial charge is 0.271 e. The van der Waals surface area contributed by atoms with Crippen molar-refractivity contribution >= 4 is 23.5 Å². The van der Waals surface area contributed by atoms with Crippen molar-refractivity contribution in [1.82, 2.24) is 15.3 Å². The number of anilines is 1. The predicted octanol–water partition coefficient (Wildman–Crippen LogP) is 2.33. The van der Waals surface area contributed by atoms with E-state index in [4.69, 9.17) is 11.6 Å². The van der Waals surface area contributed by atoms with Crippen LogP contribution >= 0.6 is 11.6 Å². The quantitative estimate of drug-likeness (QED) is 0.851. The molecule has 25 heavy (non-hydrogen) atoms. The highest BCUT2D eigenvalue weighted by Crippen LogP contribution is 2.20. The monoisotopic (exact) mass is 364 g/mol. The standard InChI is InChI=1S/C17H18ClFN4O2/c18-13-9-21-17(23-6-1-2-7-23)22-15(13)16(25)20-10-14(24)11-4-3-5-12(19)8-11/h3-5,8-9,14,24H,1-2,6-7,10H2,(H,20,25)/t14-/m0/s1. The lowest BCUT2D eigenvalue weighted by atomic mass is 10.1. The van der Waals surface area contributed by atoms with Crippen LogP contribution in [0.3, 0.4) is 0 Å². The molecular weight excluding hydrogens is 347 g/mol. The summed E-state index contributed by atoms with van der Waals surface area (Å²) in [7, 11) is 0. The summed E-state index contributed by atoms with van der Waals surface area (Å²) in [6.07, 6.45) is 2.50. The number of carbonyl (C=O) groups excluding carboxylic acids is 1. The number of amides is 1. The molecule has 0 bridgehead atoms. The molecule has 0 spiro atoms. The zero-order chi connectivity index (χ0) is 17.8. The molecule has 0 saturated carbocycles. The van der Waals surface area contributed by atoms with Gasteiger partial charge in [0.2, 0.25) is 5.95 Å². The van der Waals surface area contributed by atoms with Crippen LogP contribution in [0, 0.1) is 5.82 Å². The fourth-order valence-corrected chi connectivity index (χ4v) is 2.87. The number of nitrogens with zero attached hydrogens (tertiary/aromatic N) is 3. The van der Waals surface area contributed by atoms with Gasteiger partial charge in [-0.3, -0.25) is 4.79 Å². The van der Waals surface area contributed by atoms with Gasteiger partial charge < -0.3 is 15.3 Å². The Bertz CT molecular complexity index is 768. The van der Waals surface area contributed by atoms with Gasteiger partial charge in [0, 0.05) is 19.6 Å². The van der Waals surface area contributed by atoms with Crippen molar-refractivity contribution < 1.29 is 14.3 Å². The van der Waals surface area contributed by atoms with E-state index >= 15 is 0 Å². The van der Waals surface area contributed by atoms with E-state index in [1.165, 1.54) is 24.4 Å². The van der Waals surface area contributed by atoms with Gasteiger partial charge in [-0.25, -0.2) is 14.4 Å². The largest absolute Gasteiger partial charge is 0.387 e. The number of aliphatic hydroxyl groups excluding tert-OH is 1. The number of benzene rings is 1. The Morgan fingerprint density at radius 3 is 2.88 bits per heavy atom. The van der Waals surface area contributed by atoms with Crippen molar-refractivity contribution in [3.63, 3.8) is 0 Å². The maximum atomic E-state index is 13.2. The summed E-state index contributed by atoms with van der Waals surface area (Å²) in [5.74, 6) is -0.488. The number of aliphatic hydroxyl groups is 1. The van der Waals surface area contributed by atoms with E-state index in [0.29, 0.717) is 11.5 Å². The highest BCUT2D eigenvalue weighted by molar-refractivity contribution is 6.33. The van der Waals surface area contributed by atoms with E-state index in [1.807, 2.05) is 4.90 Å². The number of rotatable bonds is 5. The van der Waals surface area contributed by atoms with Crippen molar-refractivity contribution in [3.8, 4) is 0 Å². The van der Waals surface area contributed by atoms with Crippen molar-refractivity contribution in [2.75, 3.05) is 24.5 Å². The molecule has 0 aliphatic carbocycles. The molecular formula is C17H18ClFN4O2. The Labute approximate surface area is 149 Å². The van der Waals surface area contributed by atoms with Crippen LogP contribution in [0.5, 0.6) is 0 Å². The first kappa shape index (κ1) is 17.6. The lowest BCUT2D eigenvalue weighted by Gasteiger charge is -2.16. The third-order valence-corrected chi connectivity index (χ3v) is 4.30. The van der Waals surface area contributed by atoms with Crippen LogP contribution < -0.4 is 10.2 Å². The van der Waals surface area contributed by atoms with Gasteiger partial charge in [0.1, 0.15) is 5.82 Å². The van der Waals surface area contributed by atoms with Crippen LogP contribution in [0.25, 0.3) is 0 Å². The lowest BCUT2D eigenvalue weighted by Crippen LogP contribution is -2.30. The first-order valence-electron chi connectivity index (χ1n) is 8.04. The number of hydrogen-bond donors (Lipinski definition) is 2. The summed E-state index contributed by atoms with van der Waals surface area (Å²) >= 11 is 6.03. The minimum absolute atomic E-state index is 0.0602. The fourth-order valence-electron chi connectivity index (χ4n) is 2.69. The fraction of sp³-hybridized carbons (Fsp3) is 0.353. The summed E-state index contributed by atoms with van der Waals surface area (Å²) in [6, 6.07) is 5.59. The van der Waals surface area contributed by atoms with Gasteiger partial charge in [0.25, 0.3) is 5.91 Å². The Hall–Kier alpha value is -2.25. The van der Waals surface area contributed by atoms with Crippen LogP contribution in [0.15, 0.2) is 30.5 Å². The van der Waals surface area contributed by atoms with Crippen LogP contribution in [-0.4, -0.2) is 40.6 Å². The van der Waals surface area contributed by atoms with Gasteiger partial charge in [0.15, 0.2) is 5.69 Å². The molecule has 132 valence electrons. The second-order valence-corrected chi connectivity index (χ2v) is 6.25. The van der Waals surface area contributed by atoms with Crippen molar-refractivity contribution in [3.05, 3.63) is 52.6 Å². The molecule has 2 N–H and O–H groups in total. The third kappa shape index (κ3) is 4.24. The number of hydrogen-bond acceptors (Lipinski definition) is 5. The zero-order valence-electron chi connectivity index (χ0n) is 13.5. The van der Waals surface area contributed by atoms with E-state index in [1.54, 1.807) is 6.07 Å². The molecule has 0 unspecified atom stereocenters. The second-order valence-electron chi connectivity index (χ2n) is 5.84. The Kier molecular flexibility index (Phi) is 5.45. The zero-order valence-corrected chi connectivity index (χ0v) is 14.2. The maximum Gasteiger partial charge on any atom is 0.271 e. The van der Waals surface area contributed by atoms with E-state index < -0.39 is 17.8 Å². The molecule has 1 atom stereocenters. The first-order valence-corrected chi connectivity index (χ1v) is 8.41. The molecule has 2 heterocycles. The highest BCUT2D eigenvalue weighted by atomic mass is 35.5. The van der Waals surface area contributed by atoms with Gasteiger partial charge in [-0.2, -0.15) is 0 Å². The number of nitrogens with one attached hydrogen (secondary N) is 1. The molecule has 1 aliphatic heterocycles. The molecule has 2 aromatic rings. The van der Waals surface area contributed by atoms with Crippen molar-refractivity contribution in [2.24, 2.45) is 0 Å². The van der Waals surface area contributed by atoms with Crippen LogP contribution in [0.4, 0.5) is 10.3 Å². The molecule has 1 amide bonds. The topological polar surface area (TPSA) is 78.3 Å². The van der Waals surface area contributed by atoms with E-state index in [2.05, 4.69) is 15.3 Å². The minimum atomic E-state index is -1.03. The SMILES string of the molecule is O=C(NC[C@H](O)c1cccc(F)c1)c1nc(N2CCCC2)ncc1Cl. The highest BCUT2D eigenvalue weighted by Gasteiger charge is 2.20. The van der Waals surface area contributed by atoms with Crippen LogP contribution in [0.2, 0.25) is 5.02 Å². The molecule has 1 aliphatic rings. The van der Waals surface area contributed by atoms with Gasteiger partial charge >= 0.3 is 0 Å². The number of halogens is 2. The molecule has 1 aromatic heterocycles. The van der Waals surface area contributed by atoms with Crippen molar-refractivity contribution in [1.29, 1.82) is 0 Å². The van der Waals surface area contributed by atoms with E-state index in [-0.39, 0.29) is 17.3 Å². The summed E-state index contributed by atoms with van der Waals surface area (Å²) in [5, 5.41) is 12.8. The average molecular weight is 365 g/mol. The molecule has 3 rings (SSSR count). The third-order valence-electron chi connectivity index (χ3n) is 4.02. The van der Waals surface area contributed by atoms with Crippen LogP contribution in [-0.2, 0) is 0 Å². The Balaban J connectivity index is 1.67. The van der Waals surface area contributed by atoms with E-state index in [0.717, 1.165) is 25.9 Å². The molecule has 0 radical (unpaired) electrons. The summed E-state index contributed by atoms with van der Waals surface area (Å²) in [5.41, 5.74) is 0.442. The average Bonchev–Trinajstić information content (AvgIpc) is 3.14. The predicted molar refractivity (Wildman–Crippen MR) is 92.2 cm³/mol. The molecule has 1 aromatic carbocycles. The van der Waals surface area contributed by atoms with E-state index in [9.17, 15) is 14.3 Å². The summed E-state index contributed by atoms with van der Waals surface area (Å²) in [6.45, 7) is 1.61.